The Bertz CT molecular complexity index is 804. The van der Waals surface area contributed by atoms with Gasteiger partial charge in [0.15, 0.2) is 5.70 Å². The molecule has 0 aliphatic carbocycles. The maximum Gasteiger partial charge on any atom is 0.363 e. The molecule has 110 valence electrons. The van der Waals surface area contributed by atoms with E-state index in [0.29, 0.717) is 11.5 Å². The Morgan fingerprint density at radius 1 is 1.05 bits per heavy atom. The quantitative estimate of drug-likeness (QED) is 0.624. The molecule has 22 heavy (non-hydrogen) atoms. The largest absolute Gasteiger partial charge is 0.402 e. The summed E-state index contributed by atoms with van der Waals surface area (Å²) in [5.41, 5.74) is 3.93. The predicted octanol–water partition coefficient (Wildman–Crippen LogP) is 3.79. The topological polar surface area (TPSA) is 38.7 Å². The van der Waals surface area contributed by atoms with Crippen LogP contribution in [-0.2, 0) is 9.53 Å². The zero-order chi connectivity index (χ0) is 15.7. The molecule has 0 N–H and O–H groups in total. The summed E-state index contributed by atoms with van der Waals surface area (Å²) in [6.45, 7) is 4.01. The monoisotopic (exact) mass is 295 g/mol. The number of hydrogen-bond acceptors (Lipinski definition) is 3. The van der Waals surface area contributed by atoms with Gasteiger partial charge in [-0.25, -0.2) is 14.2 Å². The van der Waals surface area contributed by atoms with Gasteiger partial charge < -0.3 is 4.74 Å². The van der Waals surface area contributed by atoms with Crippen molar-refractivity contribution in [3.8, 4) is 0 Å². The van der Waals surface area contributed by atoms with Crippen molar-refractivity contribution in [2.45, 2.75) is 13.8 Å². The number of carbonyl (C=O) groups is 1. The van der Waals surface area contributed by atoms with E-state index in [1.807, 2.05) is 32.0 Å². The zero-order valence-electron chi connectivity index (χ0n) is 12.3. The second kappa shape index (κ2) is 5.56. The molecule has 0 amide bonds. The van der Waals surface area contributed by atoms with Gasteiger partial charge in [-0.2, -0.15) is 0 Å². The summed E-state index contributed by atoms with van der Waals surface area (Å²) in [4.78, 5) is 16.1. The number of rotatable bonds is 2. The van der Waals surface area contributed by atoms with Crippen molar-refractivity contribution in [2.75, 3.05) is 0 Å². The lowest BCUT2D eigenvalue weighted by Crippen LogP contribution is -2.05. The van der Waals surface area contributed by atoms with Gasteiger partial charge in [-0.3, -0.25) is 0 Å². The summed E-state index contributed by atoms with van der Waals surface area (Å²) in [6.07, 6.45) is 1.58. The van der Waals surface area contributed by atoms with Gasteiger partial charge >= 0.3 is 5.97 Å². The predicted molar refractivity (Wildman–Crippen MR) is 82.9 cm³/mol. The molecule has 0 saturated heterocycles. The average molecular weight is 295 g/mol. The van der Waals surface area contributed by atoms with E-state index in [1.165, 1.54) is 12.1 Å². The minimum atomic E-state index is -0.502. The molecule has 1 aliphatic heterocycles. The minimum absolute atomic E-state index is 0.208. The van der Waals surface area contributed by atoms with Gasteiger partial charge in [0.2, 0.25) is 5.90 Å². The Balaban J connectivity index is 1.94. The van der Waals surface area contributed by atoms with E-state index < -0.39 is 5.97 Å². The normalized spacial score (nSPS) is 15.9. The van der Waals surface area contributed by atoms with Crippen LogP contribution in [0.3, 0.4) is 0 Å². The fourth-order valence-electron chi connectivity index (χ4n) is 2.12. The summed E-state index contributed by atoms with van der Waals surface area (Å²) in [5.74, 6) is -0.533. The van der Waals surface area contributed by atoms with Crippen molar-refractivity contribution in [2.24, 2.45) is 4.99 Å². The molecule has 0 fully saturated rings. The Labute approximate surface area is 127 Å². The van der Waals surface area contributed by atoms with Gasteiger partial charge in [-0.15, -0.1) is 0 Å². The van der Waals surface area contributed by atoms with Crippen LogP contribution in [0.4, 0.5) is 4.39 Å². The van der Waals surface area contributed by atoms with E-state index in [9.17, 15) is 9.18 Å². The van der Waals surface area contributed by atoms with Crippen LogP contribution < -0.4 is 0 Å². The second-order valence-electron chi connectivity index (χ2n) is 5.19. The van der Waals surface area contributed by atoms with E-state index in [1.54, 1.807) is 18.2 Å². The lowest BCUT2D eigenvalue weighted by molar-refractivity contribution is -0.129. The van der Waals surface area contributed by atoms with Crippen LogP contribution in [0.15, 0.2) is 53.2 Å². The lowest BCUT2D eigenvalue weighted by atomic mass is 10.1. The Morgan fingerprint density at radius 3 is 2.45 bits per heavy atom. The summed E-state index contributed by atoms with van der Waals surface area (Å²) in [7, 11) is 0. The first kappa shape index (κ1) is 14.2. The van der Waals surface area contributed by atoms with Crippen LogP contribution in [-0.4, -0.2) is 11.9 Å². The maximum atomic E-state index is 12.9. The maximum absolute atomic E-state index is 12.9. The first-order valence-corrected chi connectivity index (χ1v) is 6.89. The molecule has 0 spiro atoms. The fourth-order valence-corrected chi connectivity index (χ4v) is 2.12. The first-order valence-electron chi connectivity index (χ1n) is 6.89. The number of esters is 1. The van der Waals surface area contributed by atoms with Gasteiger partial charge in [0, 0.05) is 5.56 Å². The Morgan fingerprint density at radius 2 is 1.77 bits per heavy atom. The number of benzene rings is 2. The van der Waals surface area contributed by atoms with Crippen LogP contribution in [0.5, 0.6) is 0 Å². The number of cyclic esters (lactones) is 1. The number of carbonyl (C=O) groups excluding carboxylic acids is 1. The number of ether oxygens (including phenoxy) is 1. The van der Waals surface area contributed by atoms with Crippen molar-refractivity contribution in [1.82, 2.24) is 0 Å². The summed E-state index contributed by atoms with van der Waals surface area (Å²) in [5, 5.41) is 0. The zero-order valence-corrected chi connectivity index (χ0v) is 12.3. The number of nitrogens with zero attached hydrogens (tertiary/aromatic N) is 1. The van der Waals surface area contributed by atoms with Gasteiger partial charge in [-0.1, -0.05) is 18.2 Å². The standard InChI is InChI=1S/C18H14FNO2/c1-11-3-6-14(9-12(11)2)17-20-16(18(21)22-17)10-13-4-7-15(19)8-5-13/h3-10H,1-2H3. The van der Waals surface area contributed by atoms with Crippen molar-refractivity contribution < 1.29 is 13.9 Å². The molecule has 2 aromatic carbocycles. The van der Waals surface area contributed by atoms with Crippen LogP contribution in [0.1, 0.15) is 22.3 Å². The molecule has 3 nitrogen and oxygen atoms in total. The van der Waals surface area contributed by atoms with Gasteiger partial charge in [0.05, 0.1) is 0 Å². The third-order valence-electron chi connectivity index (χ3n) is 3.55. The molecule has 4 heteroatoms. The Hall–Kier alpha value is -2.75. The van der Waals surface area contributed by atoms with Gasteiger partial charge in [0.1, 0.15) is 5.82 Å². The van der Waals surface area contributed by atoms with E-state index in [-0.39, 0.29) is 11.5 Å². The highest BCUT2D eigenvalue weighted by Crippen LogP contribution is 2.20. The smallest absolute Gasteiger partial charge is 0.363 e. The van der Waals surface area contributed by atoms with Crippen LogP contribution in [0.2, 0.25) is 0 Å². The van der Waals surface area contributed by atoms with Crippen LogP contribution >= 0.6 is 0 Å². The molecule has 1 aliphatic rings. The summed E-state index contributed by atoms with van der Waals surface area (Å²) < 4.78 is 18.1. The molecule has 0 unspecified atom stereocenters. The van der Waals surface area contributed by atoms with Crippen LogP contribution in [0, 0.1) is 19.7 Å². The van der Waals surface area contributed by atoms with E-state index in [0.717, 1.165) is 16.7 Å². The lowest BCUT2D eigenvalue weighted by Gasteiger charge is -2.03. The molecule has 0 saturated carbocycles. The van der Waals surface area contributed by atoms with Crippen molar-refractivity contribution in [3.63, 3.8) is 0 Å². The van der Waals surface area contributed by atoms with Crippen LogP contribution in [0.25, 0.3) is 6.08 Å². The molecule has 0 aromatic heterocycles. The number of aliphatic imine (C=N–C) groups is 1. The van der Waals surface area contributed by atoms with E-state index in [4.69, 9.17) is 4.74 Å². The minimum Gasteiger partial charge on any atom is -0.402 e. The molecular formula is C18H14FNO2. The molecule has 0 atom stereocenters. The van der Waals surface area contributed by atoms with Gasteiger partial charge in [-0.05, 0) is 60.9 Å². The third kappa shape index (κ3) is 2.81. The molecule has 3 rings (SSSR count). The Kier molecular flexibility index (Phi) is 3.59. The highest BCUT2D eigenvalue weighted by atomic mass is 19.1. The van der Waals surface area contributed by atoms with Crippen molar-refractivity contribution in [3.05, 3.63) is 76.2 Å². The highest BCUT2D eigenvalue weighted by Gasteiger charge is 2.24. The number of hydrogen-bond donors (Lipinski definition) is 0. The summed E-state index contributed by atoms with van der Waals surface area (Å²) in [6, 6.07) is 11.6. The molecule has 2 aromatic rings. The first-order chi connectivity index (χ1) is 10.5. The van der Waals surface area contributed by atoms with Gasteiger partial charge in [0.25, 0.3) is 0 Å². The average Bonchev–Trinajstić information content (AvgIpc) is 2.85. The molecule has 1 heterocycles. The number of halogens is 1. The van der Waals surface area contributed by atoms with E-state index in [2.05, 4.69) is 4.99 Å². The van der Waals surface area contributed by atoms with Crippen molar-refractivity contribution in [1.29, 1.82) is 0 Å². The molecule has 0 bridgehead atoms. The third-order valence-corrected chi connectivity index (χ3v) is 3.55. The molecule has 0 radical (unpaired) electrons. The van der Waals surface area contributed by atoms with Crippen molar-refractivity contribution >= 4 is 17.9 Å². The molecular weight excluding hydrogens is 281 g/mol. The number of aryl methyl sites for hydroxylation is 2. The summed E-state index contributed by atoms with van der Waals surface area (Å²) >= 11 is 0. The fraction of sp³-hybridized carbons (Fsp3) is 0.111. The second-order valence-corrected chi connectivity index (χ2v) is 5.19. The highest BCUT2D eigenvalue weighted by molar-refractivity contribution is 6.12. The van der Waals surface area contributed by atoms with E-state index >= 15 is 0 Å². The SMILES string of the molecule is Cc1ccc(C2=NC(=Cc3ccc(F)cc3)C(=O)O2)cc1C.